The number of sulfonamides is 1. The Bertz CT molecular complexity index is 1260. The van der Waals surface area contributed by atoms with E-state index < -0.39 is 10.0 Å². The van der Waals surface area contributed by atoms with Crippen LogP contribution in [0.3, 0.4) is 0 Å². The number of hydrogen-bond donors (Lipinski definition) is 1. The normalized spacial score (nSPS) is 16.9. The Morgan fingerprint density at radius 2 is 1.88 bits per heavy atom. The molecule has 1 aliphatic carbocycles. The number of piperidine rings is 1. The standard InChI is InChI=1S/C26H28ClN3O3S/c1-18-22(13-19-9-11-30(12-10-19)26(31)21-6-2-3-7-21)15-23(27)16-25(18)29-34(32,33)24-8-4-5-20(14-24)17-28/h4-5,8,13-16,21,29H,2-3,6-7,9-12H2,1H3. The van der Waals surface area contributed by atoms with E-state index in [4.69, 9.17) is 16.9 Å². The molecule has 4 rings (SSSR count). The van der Waals surface area contributed by atoms with E-state index in [1.54, 1.807) is 12.1 Å². The molecule has 178 valence electrons. The van der Waals surface area contributed by atoms with Gasteiger partial charge in [-0.2, -0.15) is 5.26 Å². The average Bonchev–Trinajstić information content (AvgIpc) is 3.37. The van der Waals surface area contributed by atoms with Crippen LogP contribution in [-0.2, 0) is 14.8 Å². The first-order valence-corrected chi connectivity index (χ1v) is 13.4. The maximum atomic E-state index is 12.9. The molecule has 2 fully saturated rings. The van der Waals surface area contributed by atoms with Gasteiger partial charge in [-0.3, -0.25) is 9.52 Å². The fourth-order valence-corrected chi connectivity index (χ4v) is 6.09. The lowest BCUT2D eigenvalue weighted by atomic mass is 9.97. The lowest BCUT2D eigenvalue weighted by Crippen LogP contribution is -2.39. The third-order valence-electron chi connectivity index (χ3n) is 6.71. The summed E-state index contributed by atoms with van der Waals surface area (Å²) < 4.78 is 28.5. The van der Waals surface area contributed by atoms with E-state index in [2.05, 4.69) is 10.8 Å². The highest BCUT2D eigenvalue weighted by atomic mass is 35.5. The summed E-state index contributed by atoms with van der Waals surface area (Å²) in [6.45, 7) is 3.29. The summed E-state index contributed by atoms with van der Waals surface area (Å²) in [4.78, 5) is 14.7. The fraction of sp³-hybridized carbons (Fsp3) is 0.385. The van der Waals surface area contributed by atoms with Gasteiger partial charge in [-0.05, 0) is 74.1 Å². The number of nitrogens with zero attached hydrogens (tertiary/aromatic N) is 2. The van der Waals surface area contributed by atoms with E-state index in [1.165, 1.54) is 23.8 Å². The number of nitriles is 1. The summed E-state index contributed by atoms with van der Waals surface area (Å²) >= 11 is 6.34. The van der Waals surface area contributed by atoms with Gasteiger partial charge >= 0.3 is 0 Å². The Hall–Kier alpha value is -2.82. The predicted octanol–water partition coefficient (Wildman–Crippen LogP) is 5.52. The Labute approximate surface area is 206 Å². The molecule has 1 saturated heterocycles. The van der Waals surface area contributed by atoms with Crippen LogP contribution in [0.1, 0.15) is 55.2 Å². The van der Waals surface area contributed by atoms with E-state index in [0.29, 0.717) is 16.6 Å². The van der Waals surface area contributed by atoms with E-state index in [0.717, 1.165) is 62.7 Å². The fourth-order valence-electron chi connectivity index (χ4n) is 4.70. The molecule has 1 amide bonds. The van der Waals surface area contributed by atoms with E-state index in [1.807, 2.05) is 24.0 Å². The third-order valence-corrected chi connectivity index (χ3v) is 8.29. The number of carbonyl (C=O) groups is 1. The lowest BCUT2D eigenvalue weighted by Gasteiger charge is -2.30. The Morgan fingerprint density at radius 3 is 2.56 bits per heavy atom. The van der Waals surface area contributed by atoms with Crippen LogP contribution in [0.2, 0.25) is 5.02 Å². The van der Waals surface area contributed by atoms with Gasteiger partial charge in [0.05, 0.1) is 22.2 Å². The van der Waals surface area contributed by atoms with Crippen molar-refractivity contribution in [2.45, 2.75) is 50.3 Å². The summed E-state index contributed by atoms with van der Waals surface area (Å²) in [5, 5.41) is 9.51. The van der Waals surface area contributed by atoms with Gasteiger partial charge in [-0.1, -0.05) is 42.2 Å². The van der Waals surface area contributed by atoms with Gasteiger partial charge < -0.3 is 4.90 Å². The summed E-state index contributed by atoms with van der Waals surface area (Å²) in [7, 11) is -3.88. The van der Waals surface area contributed by atoms with Crippen molar-refractivity contribution in [2.24, 2.45) is 5.92 Å². The largest absolute Gasteiger partial charge is 0.342 e. The van der Waals surface area contributed by atoms with Crippen molar-refractivity contribution in [3.63, 3.8) is 0 Å². The van der Waals surface area contributed by atoms with Gasteiger partial charge in [0.2, 0.25) is 5.91 Å². The molecule has 0 spiro atoms. The molecule has 6 nitrogen and oxygen atoms in total. The van der Waals surface area contributed by atoms with Crippen LogP contribution < -0.4 is 4.72 Å². The molecule has 0 radical (unpaired) electrons. The molecule has 1 saturated carbocycles. The van der Waals surface area contributed by atoms with Crippen LogP contribution in [0.5, 0.6) is 0 Å². The molecule has 1 aliphatic heterocycles. The minimum absolute atomic E-state index is 0.0186. The number of benzene rings is 2. The second kappa shape index (κ2) is 10.2. The Morgan fingerprint density at radius 1 is 1.18 bits per heavy atom. The molecule has 2 aliphatic rings. The Kier molecular flexibility index (Phi) is 7.30. The summed E-state index contributed by atoms with van der Waals surface area (Å²) in [6.07, 6.45) is 7.99. The van der Waals surface area contributed by atoms with Crippen LogP contribution in [0.25, 0.3) is 6.08 Å². The van der Waals surface area contributed by atoms with Gasteiger partial charge in [0.25, 0.3) is 10.0 Å². The lowest BCUT2D eigenvalue weighted by molar-refractivity contribution is -0.135. The zero-order valence-corrected chi connectivity index (χ0v) is 20.8. The first kappa shape index (κ1) is 24.3. The number of halogens is 1. The van der Waals surface area contributed by atoms with Crippen molar-refractivity contribution in [1.82, 2.24) is 4.90 Å². The highest BCUT2D eigenvalue weighted by molar-refractivity contribution is 7.92. The molecule has 34 heavy (non-hydrogen) atoms. The maximum Gasteiger partial charge on any atom is 0.261 e. The smallest absolute Gasteiger partial charge is 0.261 e. The van der Waals surface area contributed by atoms with Gasteiger partial charge in [0.1, 0.15) is 0 Å². The number of nitrogens with one attached hydrogen (secondary N) is 1. The number of amides is 1. The first-order chi connectivity index (χ1) is 16.3. The summed E-state index contributed by atoms with van der Waals surface area (Å²) in [5.74, 6) is 0.498. The molecule has 0 unspecified atom stereocenters. The molecule has 1 N–H and O–H groups in total. The zero-order chi connectivity index (χ0) is 24.3. The van der Waals surface area contributed by atoms with Crippen LogP contribution in [-0.4, -0.2) is 32.3 Å². The summed E-state index contributed by atoms with van der Waals surface area (Å²) in [6, 6.07) is 11.3. The van der Waals surface area contributed by atoms with Crippen molar-refractivity contribution in [2.75, 3.05) is 17.8 Å². The van der Waals surface area contributed by atoms with E-state index in [-0.39, 0.29) is 16.4 Å². The molecule has 2 aromatic carbocycles. The van der Waals surface area contributed by atoms with Crippen molar-refractivity contribution in [3.8, 4) is 6.07 Å². The van der Waals surface area contributed by atoms with Gasteiger partial charge in [-0.25, -0.2) is 8.42 Å². The molecule has 0 bridgehead atoms. The quantitative estimate of drug-likeness (QED) is 0.589. The van der Waals surface area contributed by atoms with E-state index in [9.17, 15) is 13.2 Å². The minimum Gasteiger partial charge on any atom is -0.342 e. The van der Waals surface area contributed by atoms with Crippen LogP contribution in [0, 0.1) is 24.2 Å². The van der Waals surface area contributed by atoms with Crippen LogP contribution in [0.4, 0.5) is 5.69 Å². The highest BCUT2D eigenvalue weighted by Crippen LogP contribution is 2.32. The molecule has 8 heteroatoms. The van der Waals surface area contributed by atoms with Crippen molar-refractivity contribution < 1.29 is 13.2 Å². The topological polar surface area (TPSA) is 90.3 Å². The molecule has 0 aromatic heterocycles. The van der Waals surface area contributed by atoms with Crippen molar-refractivity contribution >= 4 is 39.3 Å². The van der Waals surface area contributed by atoms with Crippen molar-refractivity contribution in [1.29, 1.82) is 5.26 Å². The number of likely N-dealkylation sites (tertiary alicyclic amines) is 1. The minimum atomic E-state index is -3.88. The average molecular weight is 498 g/mol. The van der Waals surface area contributed by atoms with Gasteiger partial charge in [-0.15, -0.1) is 0 Å². The second-order valence-electron chi connectivity index (χ2n) is 9.02. The predicted molar refractivity (Wildman–Crippen MR) is 134 cm³/mol. The molecule has 2 aromatic rings. The second-order valence-corrected chi connectivity index (χ2v) is 11.1. The molecule has 1 heterocycles. The summed E-state index contributed by atoms with van der Waals surface area (Å²) in [5.41, 5.74) is 3.50. The monoisotopic (exact) mass is 497 g/mol. The number of rotatable bonds is 5. The van der Waals surface area contributed by atoms with Gasteiger partial charge in [0.15, 0.2) is 0 Å². The van der Waals surface area contributed by atoms with Crippen LogP contribution >= 0.6 is 11.6 Å². The first-order valence-electron chi connectivity index (χ1n) is 11.6. The molecular formula is C26H28ClN3O3S. The number of anilines is 1. The molecule has 0 atom stereocenters. The third kappa shape index (κ3) is 5.45. The highest BCUT2D eigenvalue weighted by Gasteiger charge is 2.28. The maximum absolute atomic E-state index is 12.9. The SMILES string of the molecule is Cc1c(C=C2CCN(C(=O)C3CCCC3)CC2)cc(Cl)cc1NS(=O)(=O)c1cccc(C#N)c1. The molecular weight excluding hydrogens is 470 g/mol. The Balaban J connectivity index is 1.51. The number of hydrogen-bond acceptors (Lipinski definition) is 4. The van der Waals surface area contributed by atoms with Crippen molar-refractivity contribution in [3.05, 3.63) is 63.7 Å². The van der Waals surface area contributed by atoms with E-state index >= 15 is 0 Å². The number of carbonyl (C=O) groups excluding carboxylic acids is 1. The zero-order valence-electron chi connectivity index (χ0n) is 19.2. The van der Waals surface area contributed by atoms with Crippen LogP contribution in [0.15, 0.2) is 46.9 Å². The van der Waals surface area contributed by atoms with Gasteiger partial charge in [0, 0.05) is 24.0 Å².